The smallest absolute Gasteiger partial charge is 0.161 e. The Kier molecular flexibility index (Phi) is 3.84. The van der Waals surface area contributed by atoms with Crippen molar-refractivity contribution in [1.29, 1.82) is 0 Å². The average Bonchev–Trinajstić information content (AvgIpc) is 2.79. The van der Waals surface area contributed by atoms with Crippen molar-refractivity contribution in [1.82, 2.24) is 20.3 Å². The lowest BCUT2D eigenvalue weighted by atomic mass is 10.2. The zero-order valence-corrected chi connectivity index (χ0v) is 10.5. The summed E-state index contributed by atoms with van der Waals surface area (Å²) in [6, 6.07) is 1.47. The second kappa shape index (κ2) is 5.40. The number of benzene rings is 1. The van der Waals surface area contributed by atoms with E-state index in [1.807, 2.05) is 13.8 Å². The van der Waals surface area contributed by atoms with Gasteiger partial charge in [-0.1, -0.05) is 19.1 Å². The lowest BCUT2D eigenvalue weighted by Crippen LogP contribution is -2.23. The number of rotatable bonds is 4. The molecule has 102 valence electrons. The second-order valence-electron chi connectivity index (χ2n) is 4.39. The SMILES string of the molecule is CC(C)NCc1cnnn1-c1cc(F)c(F)cc1F. The summed E-state index contributed by atoms with van der Waals surface area (Å²) in [6.45, 7) is 4.29. The first-order chi connectivity index (χ1) is 8.99. The van der Waals surface area contributed by atoms with Crippen LogP contribution in [0.3, 0.4) is 0 Å². The van der Waals surface area contributed by atoms with Crippen LogP contribution < -0.4 is 5.32 Å². The minimum absolute atomic E-state index is 0.169. The van der Waals surface area contributed by atoms with Crippen molar-refractivity contribution in [3.8, 4) is 5.69 Å². The standard InChI is InChI=1S/C12H13F3N4/c1-7(2)16-5-8-6-17-18-19(8)12-4-10(14)9(13)3-11(12)15/h3-4,6-7,16H,5H2,1-2H3. The molecular formula is C12H13F3N4. The van der Waals surface area contributed by atoms with E-state index in [9.17, 15) is 13.2 Å². The van der Waals surface area contributed by atoms with Crippen molar-refractivity contribution in [2.24, 2.45) is 0 Å². The molecule has 0 radical (unpaired) electrons. The van der Waals surface area contributed by atoms with Crippen LogP contribution in [0.1, 0.15) is 19.5 Å². The minimum atomic E-state index is -1.23. The fourth-order valence-corrected chi connectivity index (χ4v) is 1.56. The summed E-state index contributed by atoms with van der Waals surface area (Å²) < 4.78 is 40.9. The van der Waals surface area contributed by atoms with Crippen molar-refractivity contribution < 1.29 is 13.2 Å². The zero-order chi connectivity index (χ0) is 14.0. The lowest BCUT2D eigenvalue weighted by molar-refractivity contribution is 0.489. The van der Waals surface area contributed by atoms with Gasteiger partial charge in [0.2, 0.25) is 0 Å². The molecule has 1 aromatic heterocycles. The molecule has 1 heterocycles. The Balaban J connectivity index is 2.37. The van der Waals surface area contributed by atoms with Crippen molar-refractivity contribution in [2.75, 3.05) is 0 Å². The van der Waals surface area contributed by atoms with Crippen LogP contribution >= 0.6 is 0 Å². The van der Waals surface area contributed by atoms with E-state index in [0.29, 0.717) is 18.3 Å². The van der Waals surface area contributed by atoms with E-state index in [4.69, 9.17) is 0 Å². The first-order valence-corrected chi connectivity index (χ1v) is 5.77. The van der Waals surface area contributed by atoms with Crippen LogP contribution in [-0.2, 0) is 6.54 Å². The molecule has 19 heavy (non-hydrogen) atoms. The Morgan fingerprint density at radius 1 is 1.16 bits per heavy atom. The van der Waals surface area contributed by atoms with Gasteiger partial charge in [0, 0.05) is 24.7 Å². The molecule has 0 amide bonds. The van der Waals surface area contributed by atoms with E-state index in [0.717, 1.165) is 10.7 Å². The van der Waals surface area contributed by atoms with E-state index in [1.165, 1.54) is 6.20 Å². The molecule has 4 nitrogen and oxygen atoms in total. The van der Waals surface area contributed by atoms with Gasteiger partial charge in [-0.05, 0) is 0 Å². The largest absolute Gasteiger partial charge is 0.309 e. The molecule has 0 spiro atoms. The highest BCUT2D eigenvalue weighted by Gasteiger charge is 2.15. The minimum Gasteiger partial charge on any atom is -0.309 e. The van der Waals surface area contributed by atoms with Crippen molar-refractivity contribution in [3.63, 3.8) is 0 Å². The molecule has 0 aliphatic heterocycles. The summed E-state index contributed by atoms with van der Waals surface area (Å²) in [7, 11) is 0. The molecular weight excluding hydrogens is 257 g/mol. The van der Waals surface area contributed by atoms with Gasteiger partial charge >= 0.3 is 0 Å². The van der Waals surface area contributed by atoms with Crippen LogP contribution in [0.4, 0.5) is 13.2 Å². The van der Waals surface area contributed by atoms with E-state index < -0.39 is 17.5 Å². The number of halogens is 3. The van der Waals surface area contributed by atoms with Gasteiger partial charge in [-0.2, -0.15) is 0 Å². The summed E-state index contributed by atoms with van der Waals surface area (Å²) in [4.78, 5) is 0. The van der Waals surface area contributed by atoms with Crippen LogP contribution in [0.25, 0.3) is 5.69 Å². The molecule has 0 fully saturated rings. The molecule has 0 aliphatic rings. The Morgan fingerprint density at radius 3 is 2.53 bits per heavy atom. The second-order valence-corrected chi connectivity index (χ2v) is 4.39. The molecule has 0 unspecified atom stereocenters. The molecule has 0 bridgehead atoms. The average molecular weight is 270 g/mol. The lowest BCUT2D eigenvalue weighted by Gasteiger charge is -2.10. The molecule has 0 aliphatic carbocycles. The predicted molar refractivity (Wildman–Crippen MR) is 63.2 cm³/mol. The van der Waals surface area contributed by atoms with E-state index in [1.54, 1.807) is 0 Å². The summed E-state index contributed by atoms with van der Waals surface area (Å²) in [6.07, 6.45) is 1.44. The van der Waals surface area contributed by atoms with Crippen molar-refractivity contribution >= 4 is 0 Å². The molecule has 2 rings (SSSR count). The number of hydrogen-bond acceptors (Lipinski definition) is 3. The third kappa shape index (κ3) is 2.93. The summed E-state index contributed by atoms with van der Waals surface area (Å²) in [5.74, 6) is -3.26. The maximum absolute atomic E-state index is 13.7. The van der Waals surface area contributed by atoms with Gasteiger partial charge in [0.15, 0.2) is 17.5 Å². The molecule has 0 atom stereocenters. The number of nitrogens with one attached hydrogen (secondary N) is 1. The van der Waals surface area contributed by atoms with E-state index in [-0.39, 0.29) is 11.7 Å². The van der Waals surface area contributed by atoms with Gasteiger partial charge in [0.1, 0.15) is 5.69 Å². The molecule has 0 saturated carbocycles. The van der Waals surface area contributed by atoms with Crippen molar-refractivity contribution in [3.05, 3.63) is 41.5 Å². The van der Waals surface area contributed by atoms with E-state index >= 15 is 0 Å². The highest BCUT2D eigenvalue weighted by atomic mass is 19.2. The number of aromatic nitrogens is 3. The fourth-order valence-electron chi connectivity index (χ4n) is 1.56. The third-order valence-corrected chi connectivity index (χ3v) is 2.53. The Labute approximate surface area is 108 Å². The van der Waals surface area contributed by atoms with Gasteiger partial charge < -0.3 is 5.32 Å². The quantitative estimate of drug-likeness (QED) is 0.866. The number of nitrogens with zero attached hydrogens (tertiary/aromatic N) is 3. The highest BCUT2D eigenvalue weighted by Crippen LogP contribution is 2.18. The topological polar surface area (TPSA) is 42.7 Å². The van der Waals surface area contributed by atoms with Gasteiger partial charge in [-0.15, -0.1) is 5.10 Å². The first-order valence-electron chi connectivity index (χ1n) is 5.77. The zero-order valence-electron chi connectivity index (χ0n) is 10.5. The predicted octanol–water partition coefficient (Wildman–Crippen LogP) is 2.18. The number of hydrogen-bond donors (Lipinski definition) is 1. The van der Waals surface area contributed by atoms with Crippen molar-refractivity contribution in [2.45, 2.75) is 26.4 Å². The van der Waals surface area contributed by atoms with Gasteiger partial charge in [0.25, 0.3) is 0 Å². The van der Waals surface area contributed by atoms with Gasteiger partial charge in [-0.25, -0.2) is 17.9 Å². The van der Waals surface area contributed by atoms with Crippen LogP contribution in [0, 0.1) is 17.5 Å². The molecule has 0 saturated heterocycles. The molecule has 1 N–H and O–H groups in total. The Morgan fingerprint density at radius 2 is 1.84 bits per heavy atom. The monoisotopic (exact) mass is 270 g/mol. The highest BCUT2D eigenvalue weighted by molar-refractivity contribution is 5.34. The normalized spacial score (nSPS) is 11.3. The molecule has 1 aromatic carbocycles. The van der Waals surface area contributed by atoms with Gasteiger partial charge in [-0.3, -0.25) is 0 Å². The van der Waals surface area contributed by atoms with Gasteiger partial charge in [0.05, 0.1) is 11.9 Å². The molecule has 7 heteroatoms. The first kappa shape index (κ1) is 13.5. The summed E-state index contributed by atoms with van der Waals surface area (Å²) in [5, 5.41) is 10.5. The Hall–Kier alpha value is -1.89. The Bertz CT molecular complexity index is 580. The fraction of sp³-hybridized carbons (Fsp3) is 0.333. The van der Waals surface area contributed by atoms with Crippen LogP contribution in [0.5, 0.6) is 0 Å². The van der Waals surface area contributed by atoms with E-state index in [2.05, 4.69) is 15.6 Å². The molecule has 2 aromatic rings. The summed E-state index contributed by atoms with van der Waals surface area (Å²) in [5.41, 5.74) is 0.385. The maximum Gasteiger partial charge on any atom is 0.161 e. The van der Waals surface area contributed by atoms with Crippen LogP contribution in [0.2, 0.25) is 0 Å². The van der Waals surface area contributed by atoms with Crippen LogP contribution in [-0.4, -0.2) is 21.0 Å². The summed E-state index contributed by atoms with van der Waals surface area (Å²) >= 11 is 0. The third-order valence-electron chi connectivity index (χ3n) is 2.53. The maximum atomic E-state index is 13.7. The van der Waals surface area contributed by atoms with Crippen LogP contribution in [0.15, 0.2) is 18.3 Å².